The van der Waals surface area contributed by atoms with Crippen molar-refractivity contribution in [1.82, 2.24) is 0 Å². The number of ether oxygens (including phenoxy) is 1. The van der Waals surface area contributed by atoms with Crippen LogP contribution in [0.3, 0.4) is 0 Å². The number of hydrogen-bond donors (Lipinski definition) is 1. The van der Waals surface area contributed by atoms with Gasteiger partial charge in [0.25, 0.3) is 0 Å². The van der Waals surface area contributed by atoms with Crippen LogP contribution in [0.15, 0.2) is 0 Å². The van der Waals surface area contributed by atoms with E-state index in [4.69, 9.17) is 5.26 Å². The molecule has 0 saturated heterocycles. The summed E-state index contributed by atoms with van der Waals surface area (Å²) in [5, 5.41) is 7.62. The Bertz CT molecular complexity index is 163. The third-order valence-electron chi connectivity index (χ3n) is 0.584. The lowest BCUT2D eigenvalue weighted by molar-refractivity contribution is -0.276. The molecule has 0 aromatic heterocycles. The van der Waals surface area contributed by atoms with Gasteiger partial charge in [0.15, 0.2) is 0 Å². The maximum atomic E-state index is 10.4. The van der Waals surface area contributed by atoms with Crippen molar-refractivity contribution in [3.05, 3.63) is 0 Å². The fourth-order valence-corrected chi connectivity index (χ4v) is 0.295. The average Bonchev–Trinajstić information content (AvgIpc) is 1.99. The minimum Gasteiger partial charge on any atom is -0.429 e. The van der Waals surface area contributed by atoms with Crippen LogP contribution in [0.25, 0.3) is 0 Å². The second kappa shape index (κ2) is 5.19. The van der Waals surface area contributed by atoms with E-state index in [1.165, 1.54) is 0 Å². The molecule has 1 N–H and O–H groups in total. The summed E-state index contributed by atoms with van der Waals surface area (Å²) in [4.78, 5) is 30.7. The predicted molar refractivity (Wildman–Crippen MR) is 32.9 cm³/mol. The van der Waals surface area contributed by atoms with E-state index in [9.17, 15) is 9.59 Å². The Hall–Kier alpha value is -1.50. The lowest BCUT2D eigenvalue weighted by Crippen LogP contribution is -2.16. The van der Waals surface area contributed by atoms with Crippen LogP contribution in [0.2, 0.25) is 0 Å². The van der Waals surface area contributed by atoms with E-state index < -0.39 is 18.4 Å². The van der Waals surface area contributed by atoms with Crippen molar-refractivity contribution in [2.45, 2.75) is 20.0 Å². The Kier molecular flexibility index (Phi) is 4.54. The minimum atomic E-state index is -1.56. The molecule has 0 rings (SSSR count). The van der Waals surface area contributed by atoms with E-state index in [0.717, 1.165) is 0 Å². The summed E-state index contributed by atoms with van der Waals surface area (Å²) < 4.78 is 4.37. The normalized spacial score (nSPS) is 9.00. The van der Waals surface area contributed by atoms with Crippen molar-refractivity contribution < 1.29 is 34.2 Å². The van der Waals surface area contributed by atoms with Gasteiger partial charge in [-0.25, -0.2) is 0 Å². The quantitative estimate of drug-likeness (QED) is 0.366. The molecule has 70 valence electrons. The van der Waals surface area contributed by atoms with Gasteiger partial charge in [0, 0.05) is 0 Å². The Labute approximate surface area is 67.6 Å². The van der Waals surface area contributed by atoms with Crippen molar-refractivity contribution in [2.75, 3.05) is 0 Å². The molecule has 0 aliphatic carbocycles. The van der Waals surface area contributed by atoms with Crippen LogP contribution >= 0.6 is 0 Å². The van der Waals surface area contributed by atoms with Gasteiger partial charge in [-0.2, -0.15) is 24.6 Å². The van der Waals surface area contributed by atoms with Gasteiger partial charge in [-0.3, -0.25) is 4.89 Å². The van der Waals surface area contributed by atoms with E-state index in [1.807, 2.05) is 0 Å². The van der Waals surface area contributed by atoms with Crippen LogP contribution in [-0.4, -0.2) is 23.7 Å². The van der Waals surface area contributed by atoms with E-state index in [-0.39, 0.29) is 0 Å². The van der Waals surface area contributed by atoms with E-state index in [0.29, 0.717) is 0 Å². The zero-order valence-corrected chi connectivity index (χ0v) is 6.47. The fraction of sp³-hybridized carbons (Fsp3) is 0.600. The lowest BCUT2D eigenvalue weighted by Gasteiger charge is -2.04. The lowest BCUT2D eigenvalue weighted by atomic mass is 10.5. The highest BCUT2D eigenvalue weighted by molar-refractivity contribution is 5.63. The maximum Gasteiger partial charge on any atom is 0.582 e. The molecule has 0 unspecified atom stereocenters. The third kappa shape index (κ3) is 5.30. The van der Waals surface area contributed by atoms with Gasteiger partial charge < -0.3 is 4.74 Å². The largest absolute Gasteiger partial charge is 0.582 e. The van der Waals surface area contributed by atoms with E-state index in [2.05, 4.69) is 19.4 Å². The number of rotatable bonds is 1. The molecule has 0 aromatic rings. The average molecular weight is 180 g/mol. The summed E-state index contributed by atoms with van der Waals surface area (Å²) in [5.41, 5.74) is 0. The van der Waals surface area contributed by atoms with E-state index >= 15 is 0 Å². The predicted octanol–water partition coefficient (Wildman–Crippen LogP) is 1.09. The molecule has 0 radical (unpaired) electrons. The van der Waals surface area contributed by atoms with Crippen LogP contribution in [0, 0.1) is 0 Å². The monoisotopic (exact) mass is 180 g/mol. The van der Waals surface area contributed by atoms with Gasteiger partial charge in [-0.15, -0.1) is 0 Å². The molecule has 0 saturated carbocycles. The summed E-state index contributed by atoms with van der Waals surface area (Å²) in [6, 6.07) is 0. The molecule has 0 aromatic carbocycles. The van der Waals surface area contributed by atoms with Crippen LogP contribution in [0.4, 0.5) is 9.59 Å². The van der Waals surface area contributed by atoms with Gasteiger partial charge in [-0.1, -0.05) is 0 Å². The van der Waals surface area contributed by atoms with Crippen LogP contribution in [-0.2, 0) is 19.4 Å². The first-order valence-corrected chi connectivity index (χ1v) is 2.96. The summed E-state index contributed by atoms with van der Waals surface area (Å²) >= 11 is 0. The molecule has 0 aliphatic rings. The second-order valence-electron chi connectivity index (χ2n) is 1.92. The highest BCUT2D eigenvalue weighted by atomic mass is 17.3. The Morgan fingerprint density at radius 3 is 2.08 bits per heavy atom. The standard InChI is InChI=1S/C5H8O7/c1-3(2)9-4(6)11-12-5(7)10-8/h3,8H,1-2H3. The van der Waals surface area contributed by atoms with Gasteiger partial charge in [0.2, 0.25) is 0 Å². The molecule has 7 heteroatoms. The number of carbonyl (C=O) groups excluding carboxylic acids is 2. The van der Waals surface area contributed by atoms with Crippen molar-refractivity contribution in [2.24, 2.45) is 0 Å². The first-order chi connectivity index (χ1) is 5.56. The Balaban J connectivity index is 3.51. The van der Waals surface area contributed by atoms with Crippen molar-refractivity contribution in [1.29, 1.82) is 0 Å². The summed E-state index contributed by atoms with van der Waals surface area (Å²) in [5.74, 6) is 0. The smallest absolute Gasteiger partial charge is 0.429 e. The molecule has 0 heterocycles. The topological polar surface area (TPSA) is 91.3 Å². The number of carbonyl (C=O) groups is 2. The third-order valence-corrected chi connectivity index (χ3v) is 0.584. The molecule has 0 aliphatic heterocycles. The van der Waals surface area contributed by atoms with Crippen LogP contribution in [0.1, 0.15) is 13.8 Å². The van der Waals surface area contributed by atoms with Crippen molar-refractivity contribution >= 4 is 12.3 Å². The maximum absolute atomic E-state index is 10.4. The molecule has 0 atom stereocenters. The summed E-state index contributed by atoms with van der Waals surface area (Å²) in [6.45, 7) is 3.15. The van der Waals surface area contributed by atoms with Crippen molar-refractivity contribution in [3.63, 3.8) is 0 Å². The van der Waals surface area contributed by atoms with Crippen molar-refractivity contribution in [3.8, 4) is 0 Å². The van der Waals surface area contributed by atoms with Crippen LogP contribution in [0.5, 0.6) is 0 Å². The SMILES string of the molecule is CC(C)OC(=O)OOC(=O)OO. The second-order valence-corrected chi connectivity index (χ2v) is 1.92. The molecular formula is C5H8O7. The van der Waals surface area contributed by atoms with Gasteiger partial charge in [0.1, 0.15) is 0 Å². The van der Waals surface area contributed by atoms with Gasteiger partial charge in [0.05, 0.1) is 6.10 Å². The molecule has 12 heavy (non-hydrogen) atoms. The Morgan fingerprint density at radius 1 is 1.17 bits per heavy atom. The summed E-state index contributed by atoms with van der Waals surface area (Å²) in [6.07, 6.45) is -3.16. The van der Waals surface area contributed by atoms with Gasteiger partial charge in [-0.05, 0) is 13.8 Å². The molecule has 0 fully saturated rings. The molecular weight excluding hydrogens is 172 g/mol. The molecule has 0 spiro atoms. The molecule has 0 bridgehead atoms. The molecule has 7 nitrogen and oxygen atoms in total. The Morgan fingerprint density at radius 2 is 1.67 bits per heavy atom. The van der Waals surface area contributed by atoms with Gasteiger partial charge >= 0.3 is 12.3 Å². The zero-order valence-electron chi connectivity index (χ0n) is 6.47. The highest BCUT2D eigenvalue weighted by Crippen LogP contribution is 1.94. The zero-order chi connectivity index (χ0) is 9.56. The first kappa shape index (κ1) is 10.5. The van der Waals surface area contributed by atoms with Crippen LogP contribution < -0.4 is 0 Å². The number of hydrogen-bond acceptors (Lipinski definition) is 7. The summed E-state index contributed by atoms with van der Waals surface area (Å²) in [7, 11) is 0. The minimum absolute atomic E-state index is 0.397. The first-order valence-electron chi connectivity index (χ1n) is 2.96. The fourth-order valence-electron chi connectivity index (χ4n) is 0.295. The molecule has 0 amide bonds. The highest BCUT2D eigenvalue weighted by Gasteiger charge is 2.12. The van der Waals surface area contributed by atoms with E-state index in [1.54, 1.807) is 13.8 Å².